The van der Waals surface area contributed by atoms with Crippen LogP contribution in [0.25, 0.3) is 0 Å². The Morgan fingerprint density at radius 3 is 2.93 bits per heavy atom. The smallest absolute Gasteiger partial charge is 0.0462 e. The summed E-state index contributed by atoms with van der Waals surface area (Å²) in [5, 5.41) is 3.52. The summed E-state index contributed by atoms with van der Waals surface area (Å²) < 4.78 is 4.99. The summed E-state index contributed by atoms with van der Waals surface area (Å²) in [6.45, 7) is 4.05. The molecule has 0 aromatic rings. The van der Waals surface area contributed by atoms with Crippen LogP contribution in [0.1, 0.15) is 32.6 Å². The Kier molecular flexibility index (Phi) is 5.45. The Hall–Kier alpha value is -0.120. The highest BCUT2D eigenvalue weighted by molar-refractivity contribution is 4.92. The van der Waals surface area contributed by atoms with Gasteiger partial charge in [0.1, 0.15) is 0 Å². The molecule has 1 aliphatic carbocycles. The predicted octanol–water partition coefficient (Wildman–Crippen LogP) is 1.13. The van der Waals surface area contributed by atoms with E-state index in [1.165, 1.54) is 12.8 Å². The van der Waals surface area contributed by atoms with Crippen LogP contribution in [0.15, 0.2) is 0 Å². The van der Waals surface area contributed by atoms with Crippen molar-refractivity contribution < 1.29 is 4.74 Å². The average molecular weight is 200 g/mol. The molecule has 0 saturated heterocycles. The standard InChI is InChI=1S/C11H24N2O/c1-3-9-7-11(9)13-8-10(12)5-4-6-14-2/h9-11,13H,3-8,12H2,1-2H3. The third-order valence-corrected chi connectivity index (χ3v) is 3.01. The summed E-state index contributed by atoms with van der Waals surface area (Å²) in [5.74, 6) is 0.918. The minimum atomic E-state index is 0.295. The Balaban J connectivity index is 1.91. The fourth-order valence-corrected chi connectivity index (χ4v) is 1.84. The van der Waals surface area contributed by atoms with Crippen molar-refractivity contribution in [1.29, 1.82) is 0 Å². The molecule has 3 atom stereocenters. The fourth-order valence-electron chi connectivity index (χ4n) is 1.84. The second-order valence-corrected chi connectivity index (χ2v) is 4.31. The molecule has 1 saturated carbocycles. The number of nitrogens with two attached hydrogens (primary N) is 1. The summed E-state index contributed by atoms with van der Waals surface area (Å²) in [6.07, 6.45) is 4.78. The largest absolute Gasteiger partial charge is 0.385 e. The molecule has 3 unspecified atom stereocenters. The van der Waals surface area contributed by atoms with Crippen LogP contribution in [-0.2, 0) is 4.74 Å². The first-order chi connectivity index (χ1) is 6.77. The highest BCUT2D eigenvalue weighted by Gasteiger charge is 2.34. The molecule has 1 fully saturated rings. The zero-order valence-electron chi connectivity index (χ0n) is 9.46. The van der Waals surface area contributed by atoms with Gasteiger partial charge in [-0.3, -0.25) is 0 Å². The van der Waals surface area contributed by atoms with Crippen molar-refractivity contribution in [3.63, 3.8) is 0 Å². The minimum absolute atomic E-state index is 0.295. The summed E-state index contributed by atoms with van der Waals surface area (Å²) in [7, 11) is 1.74. The Morgan fingerprint density at radius 1 is 1.57 bits per heavy atom. The number of rotatable bonds is 8. The molecule has 0 amide bonds. The van der Waals surface area contributed by atoms with Gasteiger partial charge in [-0.2, -0.15) is 0 Å². The van der Waals surface area contributed by atoms with Gasteiger partial charge in [0.05, 0.1) is 0 Å². The van der Waals surface area contributed by atoms with Crippen molar-refractivity contribution in [3.05, 3.63) is 0 Å². The topological polar surface area (TPSA) is 47.3 Å². The maximum atomic E-state index is 5.96. The van der Waals surface area contributed by atoms with Crippen LogP contribution in [0.3, 0.4) is 0 Å². The van der Waals surface area contributed by atoms with E-state index in [4.69, 9.17) is 10.5 Å². The molecule has 0 radical (unpaired) electrons. The van der Waals surface area contributed by atoms with Crippen molar-refractivity contribution in [2.75, 3.05) is 20.3 Å². The lowest BCUT2D eigenvalue weighted by atomic mass is 10.2. The monoisotopic (exact) mass is 200 g/mol. The van der Waals surface area contributed by atoms with E-state index in [0.717, 1.165) is 38.0 Å². The SMILES string of the molecule is CCC1CC1NCC(N)CCCOC. The van der Waals surface area contributed by atoms with E-state index in [2.05, 4.69) is 12.2 Å². The molecular formula is C11H24N2O. The molecule has 3 nitrogen and oxygen atoms in total. The van der Waals surface area contributed by atoms with Crippen molar-refractivity contribution >= 4 is 0 Å². The summed E-state index contributed by atoms with van der Waals surface area (Å²) in [4.78, 5) is 0. The van der Waals surface area contributed by atoms with Gasteiger partial charge in [-0.05, 0) is 25.2 Å². The third-order valence-electron chi connectivity index (χ3n) is 3.01. The summed E-state index contributed by atoms with van der Waals surface area (Å²) >= 11 is 0. The zero-order valence-corrected chi connectivity index (χ0v) is 9.46. The summed E-state index contributed by atoms with van der Waals surface area (Å²) in [5.41, 5.74) is 5.96. The first-order valence-electron chi connectivity index (χ1n) is 5.75. The highest BCUT2D eigenvalue weighted by atomic mass is 16.5. The van der Waals surface area contributed by atoms with E-state index in [9.17, 15) is 0 Å². The number of nitrogens with one attached hydrogen (secondary N) is 1. The van der Waals surface area contributed by atoms with Crippen molar-refractivity contribution in [2.45, 2.75) is 44.7 Å². The lowest BCUT2D eigenvalue weighted by Gasteiger charge is -2.12. The molecule has 14 heavy (non-hydrogen) atoms. The fraction of sp³-hybridized carbons (Fsp3) is 1.00. The second-order valence-electron chi connectivity index (χ2n) is 4.31. The molecular weight excluding hydrogens is 176 g/mol. The molecule has 0 heterocycles. The summed E-state index contributed by atoms with van der Waals surface area (Å²) in [6, 6.07) is 1.05. The number of ether oxygens (including phenoxy) is 1. The Morgan fingerprint density at radius 2 is 2.36 bits per heavy atom. The van der Waals surface area contributed by atoms with Crippen LogP contribution in [0.4, 0.5) is 0 Å². The maximum Gasteiger partial charge on any atom is 0.0462 e. The molecule has 1 rings (SSSR count). The number of hydrogen-bond donors (Lipinski definition) is 2. The second kappa shape index (κ2) is 6.38. The van der Waals surface area contributed by atoms with Gasteiger partial charge < -0.3 is 15.8 Å². The normalized spacial score (nSPS) is 27.6. The van der Waals surface area contributed by atoms with E-state index in [0.29, 0.717) is 6.04 Å². The quantitative estimate of drug-likeness (QED) is 0.577. The van der Waals surface area contributed by atoms with Crippen molar-refractivity contribution in [1.82, 2.24) is 5.32 Å². The van der Waals surface area contributed by atoms with Gasteiger partial charge in [0.2, 0.25) is 0 Å². The van der Waals surface area contributed by atoms with Gasteiger partial charge in [-0.25, -0.2) is 0 Å². The van der Waals surface area contributed by atoms with Gasteiger partial charge in [0, 0.05) is 32.3 Å². The van der Waals surface area contributed by atoms with Gasteiger partial charge in [-0.15, -0.1) is 0 Å². The molecule has 0 bridgehead atoms. The van der Waals surface area contributed by atoms with Crippen LogP contribution in [0.5, 0.6) is 0 Å². The number of methoxy groups -OCH3 is 1. The van der Waals surface area contributed by atoms with Gasteiger partial charge >= 0.3 is 0 Å². The van der Waals surface area contributed by atoms with E-state index in [1.807, 2.05) is 0 Å². The van der Waals surface area contributed by atoms with Crippen LogP contribution >= 0.6 is 0 Å². The van der Waals surface area contributed by atoms with Crippen LogP contribution in [0.2, 0.25) is 0 Å². The van der Waals surface area contributed by atoms with E-state index in [1.54, 1.807) is 7.11 Å². The average Bonchev–Trinajstić information content (AvgIpc) is 2.94. The molecule has 3 heteroatoms. The predicted molar refractivity (Wildman–Crippen MR) is 59.3 cm³/mol. The van der Waals surface area contributed by atoms with Crippen LogP contribution in [0, 0.1) is 5.92 Å². The Labute approximate surface area is 87.4 Å². The van der Waals surface area contributed by atoms with Gasteiger partial charge in [0.15, 0.2) is 0 Å². The van der Waals surface area contributed by atoms with E-state index in [-0.39, 0.29) is 0 Å². The first kappa shape index (κ1) is 12.0. The van der Waals surface area contributed by atoms with Gasteiger partial charge in [-0.1, -0.05) is 13.3 Å². The molecule has 84 valence electrons. The highest BCUT2D eigenvalue weighted by Crippen LogP contribution is 2.32. The molecule has 0 aromatic carbocycles. The first-order valence-corrected chi connectivity index (χ1v) is 5.75. The zero-order chi connectivity index (χ0) is 10.4. The number of hydrogen-bond acceptors (Lipinski definition) is 3. The van der Waals surface area contributed by atoms with Crippen molar-refractivity contribution in [3.8, 4) is 0 Å². The van der Waals surface area contributed by atoms with Gasteiger partial charge in [0.25, 0.3) is 0 Å². The molecule has 3 N–H and O–H groups in total. The lowest BCUT2D eigenvalue weighted by Crippen LogP contribution is -2.35. The van der Waals surface area contributed by atoms with E-state index >= 15 is 0 Å². The van der Waals surface area contributed by atoms with Crippen LogP contribution in [-0.4, -0.2) is 32.3 Å². The van der Waals surface area contributed by atoms with E-state index < -0.39 is 0 Å². The lowest BCUT2D eigenvalue weighted by molar-refractivity contribution is 0.190. The maximum absolute atomic E-state index is 5.96. The molecule has 0 aliphatic heterocycles. The Bertz CT molecular complexity index is 152. The minimum Gasteiger partial charge on any atom is -0.385 e. The third kappa shape index (κ3) is 4.40. The van der Waals surface area contributed by atoms with Crippen molar-refractivity contribution in [2.24, 2.45) is 11.7 Å². The molecule has 1 aliphatic rings. The molecule has 0 aromatic heterocycles. The van der Waals surface area contributed by atoms with Crippen LogP contribution < -0.4 is 11.1 Å². The molecule has 0 spiro atoms.